The van der Waals surface area contributed by atoms with E-state index in [-0.39, 0.29) is 17.4 Å². The van der Waals surface area contributed by atoms with Crippen molar-refractivity contribution in [2.45, 2.75) is 13.8 Å². The summed E-state index contributed by atoms with van der Waals surface area (Å²) in [5.41, 5.74) is 3.93. The van der Waals surface area contributed by atoms with Crippen molar-refractivity contribution < 1.29 is 14.3 Å². The summed E-state index contributed by atoms with van der Waals surface area (Å²) >= 11 is 0. The number of amides is 2. The quantitative estimate of drug-likeness (QED) is 0.700. The van der Waals surface area contributed by atoms with Gasteiger partial charge < -0.3 is 15.4 Å². The average molecular weight is 375 g/mol. The number of hydrogen-bond donors (Lipinski definition) is 2. The number of hydrogen-bond acceptors (Lipinski definition) is 4. The van der Waals surface area contributed by atoms with Crippen LogP contribution in [0.15, 0.2) is 60.9 Å². The van der Waals surface area contributed by atoms with E-state index in [0.29, 0.717) is 17.0 Å². The lowest BCUT2D eigenvalue weighted by atomic mass is 10.1. The topological polar surface area (TPSA) is 80.3 Å². The average Bonchev–Trinajstić information content (AvgIpc) is 2.72. The van der Waals surface area contributed by atoms with Gasteiger partial charge in [-0.15, -0.1) is 0 Å². The minimum absolute atomic E-state index is 0.277. The fourth-order valence-electron chi connectivity index (χ4n) is 2.71. The number of ether oxygens (including phenoxy) is 1. The summed E-state index contributed by atoms with van der Waals surface area (Å²) in [6, 6.07) is 14.3. The van der Waals surface area contributed by atoms with E-state index in [1.54, 1.807) is 18.2 Å². The summed E-state index contributed by atoms with van der Waals surface area (Å²) in [7, 11) is 1.53. The molecule has 1 aromatic heterocycles. The van der Waals surface area contributed by atoms with Crippen LogP contribution in [0.4, 0.5) is 11.4 Å². The second-order valence-electron chi connectivity index (χ2n) is 6.32. The zero-order chi connectivity index (χ0) is 20.1. The summed E-state index contributed by atoms with van der Waals surface area (Å²) in [5.74, 6) is -0.154. The molecule has 2 amide bonds. The molecule has 3 rings (SSSR count). The minimum Gasteiger partial charge on any atom is -0.495 e. The van der Waals surface area contributed by atoms with Gasteiger partial charge in [-0.25, -0.2) is 0 Å². The maximum absolute atomic E-state index is 12.6. The second-order valence-corrected chi connectivity index (χ2v) is 6.32. The Hall–Kier alpha value is -3.67. The molecule has 0 saturated carbocycles. The molecule has 2 aromatic carbocycles. The predicted octanol–water partition coefficient (Wildman–Crippen LogP) is 4.21. The molecule has 0 aliphatic rings. The first kappa shape index (κ1) is 19.1. The SMILES string of the molecule is COc1ccccc1NC(=O)c1cncc(C(=O)Nc2cccc(C)c2C)c1. The lowest BCUT2D eigenvalue weighted by Gasteiger charge is -2.11. The Bertz CT molecular complexity index is 1030. The first-order valence-electron chi connectivity index (χ1n) is 8.76. The number of pyridine rings is 1. The molecule has 6 nitrogen and oxygen atoms in total. The van der Waals surface area contributed by atoms with Gasteiger partial charge in [0.25, 0.3) is 11.8 Å². The van der Waals surface area contributed by atoms with Crippen LogP contribution in [0, 0.1) is 13.8 Å². The first-order valence-corrected chi connectivity index (χ1v) is 8.76. The fraction of sp³-hybridized carbons (Fsp3) is 0.136. The van der Waals surface area contributed by atoms with Gasteiger partial charge in [-0.1, -0.05) is 24.3 Å². The molecular formula is C22H21N3O3. The Morgan fingerprint density at radius 3 is 2.14 bits per heavy atom. The van der Waals surface area contributed by atoms with Gasteiger partial charge in [0.05, 0.1) is 23.9 Å². The number of aryl methyl sites for hydroxylation is 1. The van der Waals surface area contributed by atoms with Crippen LogP contribution in [0.5, 0.6) is 5.75 Å². The normalized spacial score (nSPS) is 10.2. The van der Waals surface area contributed by atoms with Crippen molar-refractivity contribution in [1.29, 1.82) is 0 Å². The molecule has 6 heteroatoms. The number of carbonyl (C=O) groups excluding carboxylic acids is 2. The number of benzene rings is 2. The molecule has 1 heterocycles. The van der Waals surface area contributed by atoms with Crippen LogP contribution < -0.4 is 15.4 Å². The van der Waals surface area contributed by atoms with Gasteiger partial charge in [-0.2, -0.15) is 0 Å². The molecule has 0 unspecified atom stereocenters. The van der Waals surface area contributed by atoms with E-state index < -0.39 is 0 Å². The third kappa shape index (κ3) is 4.17. The highest BCUT2D eigenvalue weighted by molar-refractivity contribution is 6.08. The molecule has 0 radical (unpaired) electrons. The van der Waals surface area contributed by atoms with Gasteiger partial charge in [0, 0.05) is 18.1 Å². The van der Waals surface area contributed by atoms with Crippen LogP contribution >= 0.6 is 0 Å². The van der Waals surface area contributed by atoms with Crippen LogP contribution in [0.25, 0.3) is 0 Å². The highest BCUT2D eigenvalue weighted by Gasteiger charge is 2.14. The highest BCUT2D eigenvalue weighted by atomic mass is 16.5. The van der Waals surface area contributed by atoms with Crippen LogP contribution in [0.1, 0.15) is 31.8 Å². The number of para-hydroxylation sites is 2. The van der Waals surface area contributed by atoms with Crippen molar-refractivity contribution in [3.05, 3.63) is 83.2 Å². The lowest BCUT2D eigenvalue weighted by Crippen LogP contribution is -2.17. The molecular weight excluding hydrogens is 354 g/mol. The zero-order valence-corrected chi connectivity index (χ0v) is 15.9. The summed E-state index contributed by atoms with van der Waals surface area (Å²) in [6.45, 7) is 3.93. The molecule has 0 bridgehead atoms. The lowest BCUT2D eigenvalue weighted by molar-refractivity contribution is 0.102. The Morgan fingerprint density at radius 1 is 0.857 bits per heavy atom. The molecule has 0 saturated heterocycles. The number of nitrogens with zero attached hydrogens (tertiary/aromatic N) is 1. The van der Waals surface area contributed by atoms with Crippen molar-refractivity contribution in [3.8, 4) is 5.75 Å². The molecule has 0 atom stereocenters. The minimum atomic E-state index is -0.376. The van der Waals surface area contributed by atoms with E-state index >= 15 is 0 Å². The molecule has 2 N–H and O–H groups in total. The van der Waals surface area contributed by atoms with Gasteiger partial charge in [-0.05, 0) is 49.2 Å². The maximum Gasteiger partial charge on any atom is 0.257 e. The Balaban J connectivity index is 1.78. The second kappa shape index (κ2) is 8.35. The van der Waals surface area contributed by atoms with E-state index in [1.807, 2.05) is 38.1 Å². The molecule has 0 aliphatic heterocycles. The fourth-order valence-corrected chi connectivity index (χ4v) is 2.71. The Kier molecular flexibility index (Phi) is 5.69. The van der Waals surface area contributed by atoms with Crippen LogP contribution in [0.3, 0.4) is 0 Å². The number of anilines is 2. The first-order chi connectivity index (χ1) is 13.5. The molecule has 142 valence electrons. The summed E-state index contributed by atoms with van der Waals surface area (Å²) in [6.07, 6.45) is 2.85. The zero-order valence-electron chi connectivity index (χ0n) is 15.9. The van der Waals surface area contributed by atoms with Crippen molar-refractivity contribution in [2.75, 3.05) is 17.7 Å². The van der Waals surface area contributed by atoms with E-state index in [2.05, 4.69) is 15.6 Å². The third-order valence-corrected chi connectivity index (χ3v) is 4.47. The predicted molar refractivity (Wildman–Crippen MR) is 109 cm³/mol. The third-order valence-electron chi connectivity index (χ3n) is 4.47. The van der Waals surface area contributed by atoms with Gasteiger partial charge in [0.15, 0.2) is 0 Å². The van der Waals surface area contributed by atoms with Crippen molar-refractivity contribution >= 4 is 23.2 Å². The van der Waals surface area contributed by atoms with Gasteiger partial charge >= 0.3 is 0 Å². The Labute approximate surface area is 163 Å². The molecule has 0 fully saturated rings. The van der Waals surface area contributed by atoms with Crippen LogP contribution in [-0.2, 0) is 0 Å². The van der Waals surface area contributed by atoms with E-state index in [0.717, 1.165) is 16.8 Å². The molecule has 0 aliphatic carbocycles. The van der Waals surface area contributed by atoms with Gasteiger partial charge in [0.2, 0.25) is 0 Å². The van der Waals surface area contributed by atoms with Gasteiger partial charge in [-0.3, -0.25) is 14.6 Å². The van der Waals surface area contributed by atoms with Crippen LogP contribution in [-0.4, -0.2) is 23.9 Å². The summed E-state index contributed by atoms with van der Waals surface area (Å²) in [5, 5.41) is 5.65. The largest absolute Gasteiger partial charge is 0.495 e. The molecule has 28 heavy (non-hydrogen) atoms. The van der Waals surface area contributed by atoms with Crippen molar-refractivity contribution in [1.82, 2.24) is 4.98 Å². The summed E-state index contributed by atoms with van der Waals surface area (Å²) in [4.78, 5) is 29.2. The van der Waals surface area contributed by atoms with Crippen LogP contribution in [0.2, 0.25) is 0 Å². The molecule has 3 aromatic rings. The monoisotopic (exact) mass is 375 g/mol. The number of rotatable bonds is 5. The molecule has 0 spiro atoms. The van der Waals surface area contributed by atoms with Crippen molar-refractivity contribution in [2.24, 2.45) is 0 Å². The number of nitrogens with one attached hydrogen (secondary N) is 2. The summed E-state index contributed by atoms with van der Waals surface area (Å²) < 4.78 is 5.24. The van der Waals surface area contributed by atoms with E-state index in [9.17, 15) is 9.59 Å². The van der Waals surface area contributed by atoms with Crippen molar-refractivity contribution in [3.63, 3.8) is 0 Å². The van der Waals surface area contributed by atoms with Gasteiger partial charge in [0.1, 0.15) is 5.75 Å². The van der Waals surface area contributed by atoms with E-state index in [1.165, 1.54) is 25.6 Å². The highest BCUT2D eigenvalue weighted by Crippen LogP contribution is 2.24. The maximum atomic E-state index is 12.6. The standard InChI is InChI=1S/C22H21N3O3/c1-14-7-6-9-18(15(14)2)24-21(26)16-11-17(13-23-12-16)22(27)25-19-8-4-5-10-20(19)28-3/h4-13H,1-3H3,(H,24,26)(H,25,27). The number of aromatic nitrogens is 1. The smallest absolute Gasteiger partial charge is 0.257 e. The number of methoxy groups -OCH3 is 1. The Morgan fingerprint density at radius 2 is 1.46 bits per heavy atom. The number of carbonyl (C=O) groups is 2. The van der Waals surface area contributed by atoms with E-state index in [4.69, 9.17) is 4.74 Å².